The van der Waals surface area contributed by atoms with E-state index in [0.717, 1.165) is 16.9 Å². The Morgan fingerprint density at radius 1 is 1.43 bits per heavy atom. The topological polar surface area (TPSA) is 81.2 Å². The van der Waals surface area contributed by atoms with Crippen molar-refractivity contribution in [2.24, 2.45) is 0 Å². The van der Waals surface area contributed by atoms with Crippen LogP contribution in [-0.4, -0.2) is 12.1 Å². The number of nitrogen functional groups attached to an aromatic ring is 1. The molecule has 0 spiro atoms. The predicted octanol–water partition coefficient (Wildman–Crippen LogP) is 2.94. The van der Waals surface area contributed by atoms with Crippen LogP contribution in [0.4, 0.5) is 5.69 Å². The zero-order valence-corrected chi connectivity index (χ0v) is 11.9. The van der Waals surface area contributed by atoms with Crippen LogP contribution in [-0.2, 0) is 11.2 Å². The highest BCUT2D eigenvalue weighted by molar-refractivity contribution is 5.67. The van der Waals surface area contributed by atoms with E-state index in [9.17, 15) is 5.26 Å². The van der Waals surface area contributed by atoms with Crippen LogP contribution < -0.4 is 10.5 Å². The third-order valence-electron chi connectivity index (χ3n) is 3.73. The molecule has 5 heteroatoms. The molecular formula is C16H15N3O2. The van der Waals surface area contributed by atoms with E-state index in [-0.39, 0.29) is 6.10 Å². The molecule has 0 radical (unpaired) electrons. The molecule has 2 heterocycles. The Kier molecular flexibility index (Phi) is 3.24. The van der Waals surface area contributed by atoms with Crippen LogP contribution in [0.25, 0.3) is 0 Å². The van der Waals surface area contributed by atoms with Crippen molar-refractivity contribution in [2.75, 3.05) is 12.8 Å². The number of nitrogens with zero attached hydrogens (tertiary/aromatic N) is 2. The fraction of sp³-hybridized carbons (Fsp3) is 0.250. The number of methoxy groups -OCH3 is 1. The van der Waals surface area contributed by atoms with Crippen molar-refractivity contribution >= 4 is 5.69 Å². The molecule has 0 aliphatic carbocycles. The number of anilines is 1. The quantitative estimate of drug-likeness (QED) is 0.781. The first-order chi connectivity index (χ1) is 10.2. The predicted molar refractivity (Wildman–Crippen MR) is 78.1 cm³/mol. The van der Waals surface area contributed by atoms with Gasteiger partial charge in [0.1, 0.15) is 11.8 Å². The number of hydrogen-bond acceptors (Lipinski definition) is 5. The van der Waals surface area contributed by atoms with Crippen LogP contribution in [0, 0.1) is 11.3 Å². The summed E-state index contributed by atoms with van der Waals surface area (Å²) in [5.41, 5.74) is 9.27. The van der Waals surface area contributed by atoms with Crippen LogP contribution in [0.5, 0.6) is 11.6 Å². The molecule has 1 atom stereocenters. The Morgan fingerprint density at radius 3 is 2.90 bits per heavy atom. The van der Waals surface area contributed by atoms with Gasteiger partial charge in [-0.2, -0.15) is 5.26 Å². The maximum absolute atomic E-state index is 9.37. The SMILES string of the molecule is COC(C)c1nc2c(c(N)c1C#N)Cc1ccccc1O2. The van der Waals surface area contributed by atoms with E-state index < -0.39 is 0 Å². The Hall–Kier alpha value is -2.58. The lowest BCUT2D eigenvalue weighted by atomic mass is 9.97. The Balaban J connectivity index is 2.17. The summed E-state index contributed by atoms with van der Waals surface area (Å²) >= 11 is 0. The second-order valence-corrected chi connectivity index (χ2v) is 4.95. The van der Waals surface area contributed by atoms with Gasteiger partial charge < -0.3 is 15.2 Å². The lowest BCUT2D eigenvalue weighted by Gasteiger charge is -2.23. The minimum Gasteiger partial charge on any atom is -0.438 e. The van der Waals surface area contributed by atoms with E-state index in [4.69, 9.17) is 15.2 Å². The molecule has 1 aromatic carbocycles. The summed E-state index contributed by atoms with van der Waals surface area (Å²) in [6.45, 7) is 1.83. The number of pyridine rings is 1. The fourth-order valence-electron chi connectivity index (χ4n) is 2.46. The summed E-state index contributed by atoms with van der Waals surface area (Å²) in [7, 11) is 1.57. The van der Waals surface area contributed by atoms with Gasteiger partial charge in [-0.05, 0) is 18.6 Å². The van der Waals surface area contributed by atoms with Gasteiger partial charge >= 0.3 is 0 Å². The number of para-hydroxylation sites is 1. The highest BCUT2D eigenvalue weighted by atomic mass is 16.5. The summed E-state index contributed by atoms with van der Waals surface area (Å²) in [4.78, 5) is 4.46. The largest absolute Gasteiger partial charge is 0.438 e. The van der Waals surface area contributed by atoms with E-state index in [0.29, 0.717) is 29.2 Å². The minimum atomic E-state index is -0.326. The molecular weight excluding hydrogens is 266 g/mol. The van der Waals surface area contributed by atoms with Crippen LogP contribution in [0.15, 0.2) is 24.3 Å². The van der Waals surface area contributed by atoms with Crippen molar-refractivity contribution in [1.29, 1.82) is 5.26 Å². The molecule has 0 fully saturated rings. The van der Waals surface area contributed by atoms with Crippen molar-refractivity contribution in [3.8, 4) is 17.7 Å². The average Bonchev–Trinajstić information content (AvgIpc) is 2.52. The molecule has 1 aliphatic rings. The first kappa shape index (κ1) is 13.4. The van der Waals surface area contributed by atoms with Crippen molar-refractivity contribution in [1.82, 2.24) is 4.98 Å². The normalized spacial score (nSPS) is 13.6. The lowest BCUT2D eigenvalue weighted by Crippen LogP contribution is -2.14. The molecule has 3 rings (SSSR count). The zero-order chi connectivity index (χ0) is 15.0. The number of hydrogen-bond donors (Lipinski definition) is 1. The molecule has 0 amide bonds. The standard InChI is InChI=1S/C16H15N3O2/c1-9(20-2)15-12(8-17)14(18)11-7-10-5-3-4-6-13(10)21-16(11)19-15/h3-6,9H,7H2,1-2H3,(H2,18,19). The first-order valence-corrected chi connectivity index (χ1v) is 6.66. The van der Waals surface area contributed by atoms with E-state index >= 15 is 0 Å². The van der Waals surface area contributed by atoms with E-state index in [2.05, 4.69) is 11.1 Å². The van der Waals surface area contributed by atoms with Crippen LogP contribution in [0.3, 0.4) is 0 Å². The zero-order valence-electron chi connectivity index (χ0n) is 11.9. The fourth-order valence-corrected chi connectivity index (χ4v) is 2.46. The first-order valence-electron chi connectivity index (χ1n) is 6.66. The van der Waals surface area contributed by atoms with Crippen molar-refractivity contribution < 1.29 is 9.47 Å². The summed E-state index contributed by atoms with van der Waals surface area (Å²) in [6.07, 6.45) is 0.286. The van der Waals surface area contributed by atoms with E-state index in [1.54, 1.807) is 7.11 Å². The Bertz CT molecular complexity index is 750. The highest BCUT2D eigenvalue weighted by Crippen LogP contribution is 2.40. The second kappa shape index (κ2) is 5.08. The smallest absolute Gasteiger partial charge is 0.225 e. The summed E-state index contributed by atoms with van der Waals surface area (Å²) < 4.78 is 11.1. The van der Waals surface area contributed by atoms with Crippen molar-refractivity contribution in [3.05, 3.63) is 46.6 Å². The number of aromatic nitrogens is 1. The summed E-state index contributed by atoms with van der Waals surface area (Å²) in [6, 6.07) is 9.87. The van der Waals surface area contributed by atoms with Crippen LogP contribution >= 0.6 is 0 Å². The van der Waals surface area contributed by atoms with Gasteiger partial charge in [0.15, 0.2) is 0 Å². The molecule has 2 N–H and O–H groups in total. The number of rotatable bonds is 2. The molecule has 0 bridgehead atoms. The number of nitriles is 1. The van der Waals surface area contributed by atoms with Gasteiger partial charge in [0.2, 0.25) is 5.88 Å². The number of ether oxygens (including phenoxy) is 2. The Morgan fingerprint density at radius 2 is 2.19 bits per heavy atom. The summed E-state index contributed by atoms with van der Waals surface area (Å²) in [5, 5.41) is 9.37. The lowest BCUT2D eigenvalue weighted by molar-refractivity contribution is 0.115. The van der Waals surface area contributed by atoms with Gasteiger partial charge in [-0.1, -0.05) is 18.2 Å². The molecule has 1 aliphatic heterocycles. The molecule has 2 aromatic rings. The maximum atomic E-state index is 9.37. The van der Waals surface area contributed by atoms with Crippen LogP contribution in [0.2, 0.25) is 0 Å². The van der Waals surface area contributed by atoms with E-state index in [1.807, 2.05) is 31.2 Å². The van der Waals surface area contributed by atoms with Crippen LogP contribution in [0.1, 0.15) is 35.4 Å². The van der Waals surface area contributed by atoms with Crippen molar-refractivity contribution in [2.45, 2.75) is 19.4 Å². The van der Waals surface area contributed by atoms with Crippen molar-refractivity contribution in [3.63, 3.8) is 0 Å². The third-order valence-corrected chi connectivity index (χ3v) is 3.73. The average molecular weight is 281 g/mol. The molecule has 1 aromatic heterocycles. The molecule has 21 heavy (non-hydrogen) atoms. The molecule has 0 saturated carbocycles. The molecule has 106 valence electrons. The Labute approximate surface area is 122 Å². The highest BCUT2D eigenvalue weighted by Gasteiger charge is 2.26. The van der Waals surface area contributed by atoms with Gasteiger partial charge in [-0.25, -0.2) is 4.98 Å². The van der Waals surface area contributed by atoms with E-state index in [1.165, 1.54) is 0 Å². The molecule has 5 nitrogen and oxygen atoms in total. The number of fused-ring (bicyclic) bond motifs is 2. The van der Waals surface area contributed by atoms with Gasteiger partial charge in [0.25, 0.3) is 0 Å². The number of nitrogens with two attached hydrogens (primary N) is 1. The molecule has 1 unspecified atom stereocenters. The van der Waals surface area contributed by atoms with Gasteiger partial charge in [0, 0.05) is 19.1 Å². The van der Waals surface area contributed by atoms with Gasteiger partial charge in [-0.3, -0.25) is 0 Å². The minimum absolute atomic E-state index is 0.326. The van der Waals surface area contributed by atoms with Gasteiger partial charge in [0.05, 0.1) is 23.0 Å². The summed E-state index contributed by atoms with van der Waals surface area (Å²) in [5.74, 6) is 1.24. The maximum Gasteiger partial charge on any atom is 0.225 e. The van der Waals surface area contributed by atoms with Gasteiger partial charge in [-0.15, -0.1) is 0 Å². The monoisotopic (exact) mass is 281 g/mol. The molecule has 0 saturated heterocycles. The second-order valence-electron chi connectivity index (χ2n) is 4.95. The number of benzene rings is 1. The third kappa shape index (κ3) is 2.10.